The first-order valence-electron chi connectivity index (χ1n) is 5.90. The van der Waals surface area contributed by atoms with E-state index in [1.807, 2.05) is 25.1 Å². The number of anilines is 3. The second-order valence-corrected chi connectivity index (χ2v) is 6.32. The highest BCUT2D eigenvalue weighted by Crippen LogP contribution is 2.19. The van der Waals surface area contributed by atoms with Gasteiger partial charge in [0, 0.05) is 9.26 Å². The van der Waals surface area contributed by atoms with Crippen molar-refractivity contribution >= 4 is 57.8 Å². The van der Waals surface area contributed by atoms with E-state index in [2.05, 4.69) is 42.9 Å². The maximum atomic E-state index is 11.9. The Morgan fingerprint density at radius 3 is 2.57 bits per heavy atom. The molecule has 1 heterocycles. The number of halogens is 1. The SMILES string of the molecule is Cc1cc(I)ccc1NC(=O)CSc1nc(N)nc(N)n1. The van der Waals surface area contributed by atoms with Gasteiger partial charge in [0.25, 0.3) is 0 Å². The number of amides is 1. The van der Waals surface area contributed by atoms with Crippen molar-refractivity contribution in [2.75, 3.05) is 22.5 Å². The number of thioether (sulfide) groups is 1. The van der Waals surface area contributed by atoms with E-state index < -0.39 is 0 Å². The first-order valence-corrected chi connectivity index (χ1v) is 7.96. The lowest BCUT2D eigenvalue weighted by molar-refractivity contribution is -0.113. The van der Waals surface area contributed by atoms with Gasteiger partial charge >= 0.3 is 0 Å². The number of carbonyl (C=O) groups is 1. The molecule has 0 spiro atoms. The maximum Gasteiger partial charge on any atom is 0.234 e. The molecule has 0 saturated carbocycles. The minimum Gasteiger partial charge on any atom is -0.368 e. The van der Waals surface area contributed by atoms with Gasteiger partial charge < -0.3 is 16.8 Å². The van der Waals surface area contributed by atoms with Gasteiger partial charge in [-0.1, -0.05) is 11.8 Å². The van der Waals surface area contributed by atoms with Crippen LogP contribution in [0.4, 0.5) is 17.6 Å². The van der Waals surface area contributed by atoms with Crippen LogP contribution in [0.5, 0.6) is 0 Å². The predicted octanol–water partition coefficient (Wildman–Crippen LogP) is 1.68. The summed E-state index contributed by atoms with van der Waals surface area (Å²) in [4.78, 5) is 23.4. The average molecular weight is 416 g/mol. The van der Waals surface area contributed by atoms with Crippen LogP contribution in [-0.2, 0) is 4.79 Å². The fraction of sp³-hybridized carbons (Fsp3) is 0.167. The lowest BCUT2D eigenvalue weighted by Gasteiger charge is -2.08. The number of benzene rings is 1. The average Bonchev–Trinajstić information content (AvgIpc) is 2.39. The highest BCUT2D eigenvalue weighted by atomic mass is 127. The minimum absolute atomic E-state index is 0.0406. The summed E-state index contributed by atoms with van der Waals surface area (Å²) in [7, 11) is 0. The van der Waals surface area contributed by atoms with Crippen LogP contribution in [0.1, 0.15) is 5.56 Å². The zero-order valence-corrected chi connectivity index (χ0v) is 14.1. The summed E-state index contributed by atoms with van der Waals surface area (Å²) < 4.78 is 1.12. The fourth-order valence-electron chi connectivity index (χ4n) is 1.54. The van der Waals surface area contributed by atoms with Crippen LogP contribution in [0.15, 0.2) is 23.4 Å². The van der Waals surface area contributed by atoms with Crippen LogP contribution in [-0.4, -0.2) is 26.6 Å². The van der Waals surface area contributed by atoms with Crippen molar-refractivity contribution < 1.29 is 4.79 Å². The Bertz CT molecular complexity index is 661. The number of hydrogen-bond donors (Lipinski definition) is 3. The third kappa shape index (κ3) is 4.70. The van der Waals surface area contributed by atoms with Crippen molar-refractivity contribution in [3.8, 4) is 0 Å². The van der Waals surface area contributed by atoms with Gasteiger partial charge in [0.05, 0.1) is 5.75 Å². The second kappa shape index (κ2) is 6.89. The number of aryl methyl sites for hydroxylation is 1. The van der Waals surface area contributed by atoms with E-state index in [1.165, 1.54) is 0 Å². The molecule has 2 rings (SSSR count). The van der Waals surface area contributed by atoms with E-state index in [1.54, 1.807) is 0 Å². The fourth-order valence-corrected chi connectivity index (χ4v) is 2.83. The second-order valence-electron chi connectivity index (χ2n) is 4.13. The van der Waals surface area contributed by atoms with Crippen LogP contribution >= 0.6 is 34.4 Å². The first kappa shape index (κ1) is 15.8. The largest absolute Gasteiger partial charge is 0.368 e. The molecule has 9 heteroatoms. The Labute approximate surface area is 139 Å². The molecule has 0 radical (unpaired) electrons. The molecule has 1 aromatic heterocycles. The molecule has 0 aliphatic heterocycles. The lowest BCUT2D eigenvalue weighted by atomic mass is 10.2. The molecule has 1 amide bonds. The highest BCUT2D eigenvalue weighted by Gasteiger charge is 2.09. The monoisotopic (exact) mass is 416 g/mol. The van der Waals surface area contributed by atoms with Crippen molar-refractivity contribution in [3.63, 3.8) is 0 Å². The van der Waals surface area contributed by atoms with E-state index in [4.69, 9.17) is 11.5 Å². The number of rotatable bonds is 4. The summed E-state index contributed by atoms with van der Waals surface area (Å²) in [5.41, 5.74) is 12.7. The van der Waals surface area contributed by atoms with Crippen molar-refractivity contribution in [2.45, 2.75) is 12.1 Å². The summed E-state index contributed by atoms with van der Waals surface area (Å²) >= 11 is 3.37. The third-order valence-corrected chi connectivity index (χ3v) is 3.96. The molecule has 0 fully saturated rings. The molecule has 110 valence electrons. The number of nitrogens with one attached hydrogen (secondary N) is 1. The van der Waals surface area contributed by atoms with Gasteiger partial charge in [-0.15, -0.1) is 0 Å². The molecule has 0 aliphatic rings. The van der Waals surface area contributed by atoms with Crippen LogP contribution < -0.4 is 16.8 Å². The van der Waals surface area contributed by atoms with E-state index in [9.17, 15) is 4.79 Å². The normalized spacial score (nSPS) is 10.4. The number of hydrogen-bond acceptors (Lipinski definition) is 7. The van der Waals surface area contributed by atoms with Crippen molar-refractivity contribution in [3.05, 3.63) is 27.3 Å². The van der Waals surface area contributed by atoms with Gasteiger partial charge in [-0.3, -0.25) is 4.79 Å². The predicted molar refractivity (Wildman–Crippen MR) is 91.9 cm³/mol. The molecule has 1 aromatic carbocycles. The first-order chi connectivity index (χ1) is 9.94. The molecule has 0 atom stereocenters. The maximum absolute atomic E-state index is 11.9. The molecule has 7 nitrogen and oxygen atoms in total. The van der Waals surface area contributed by atoms with Crippen molar-refractivity contribution in [2.24, 2.45) is 0 Å². The van der Waals surface area contributed by atoms with Gasteiger partial charge in [0.1, 0.15) is 0 Å². The molecule has 0 aliphatic carbocycles. The van der Waals surface area contributed by atoms with Gasteiger partial charge in [0.2, 0.25) is 17.8 Å². The molecular formula is C12H13IN6OS. The van der Waals surface area contributed by atoms with Crippen molar-refractivity contribution in [1.82, 2.24) is 15.0 Å². The Morgan fingerprint density at radius 1 is 1.29 bits per heavy atom. The van der Waals surface area contributed by atoms with Crippen LogP contribution in [0.25, 0.3) is 0 Å². The van der Waals surface area contributed by atoms with Crippen molar-refractivity contribution in [1.29, 1.82) is 0 Å². The number of nitrogen functional groups attached to an aromatic ring is 2. The summed E-state index contributed by atoms with van der Waals surface area (Å²) in [6, 6.07) is 5.80. The molecule has 5 N–H and O–H groups in total. The topological polar surface area (TPSA) is 120 Å². The standard InChI is InChI=1S/C12H13IN6OS/c1-6-4-7(13)2-3-8(6)16-9(20)5-21-12-18-10(14)17-11(15)19-12/h2-4H,5H2,1H3,(H,16,20)(H4,14,15,17,18,19). The van der Waals surface area contributed by atoms with E-state index in [0.29, 0.717) is 5.16 Å². The Kier molecular flexibility index (Phi) is 5.17. The molecule has 2 aromatic rings. The van der Waals surface area contributed by atoms with Gasteiger partial charge in [0.15, 0.2) is 5.16 Å². The number of carbonyl (C=O) groups excluding carboxylic acids is 1. The van der Waals surface area contributed by atoms with Crippen LogP contribution in [0.2, 0.25) is 0 Å². The minimum atomic E-state index is -0.151. The Balaban J connectivity index is 1.95. The van der Waals surface area contributed by atoms with E-state index >= 15 is 0 Å². The summed E-state index contributed by atoms with van der Waals surface area (Å²) in [6.45, 7) is 1.94. The quantitative estimate of drug-likeness (QED) is 0.513. The zero-order chi connectivity index (χ0) is 15.4. The molecule has 21 heavy (non-hydrogen) atoms. The third-order valence-electron chi connectivity index (χ3n) is 2.44. The smallest absolute Gasteiger partial charge is 0.234 e. The van der Waals surface area contributed by atoms with Gasteiger partial charge in [-0.25, -0.2) is 0 Å². The van der Waals surface area contributed by atoms with E-state index in [-0.39, 0.29) is 23.6 Å². The summed E-state index contributed by atoms with van der Waals surface area (Å²) in [5.74, 6) is 0.0913. The van der Waals surface area contributed by atoms with E-state index in [0.717, 1.165) is 26.6 Å². The highest BCUT2D eigenvalue weighted by molar-refractivity contribution is 14.1. The van der Waals surface area contributed by atoms with Crippen LogP contribution in [0, 0.1) is 10.5 Å². The number of nitrogens with two attached hydrogens (primary N) is 2. The molecule has 0 bridgehead atoms. The van der Waals surface area contributed by atoms with Crippen LogP contribution in [0.3, 0.4) is 0 Å². The Morgan fingerprint density at radius 2 is 1.95 bits per heavy atom. The Hall–Kier alpha value is -1.62. The van der Waals surface area contributed by atoms with Gasteiger partial charge in [-0.05, 0) is 53.3 Å². The lowest BCUT2D eigenvalue weighted by Crippen LogP contribution is -2.15. The molecular weight excluding hydrogens is 403 g/mol. The zero-order valence-electron chi connectivity index (χ0n) is 11.1. The molecule has 0 unspecified atom stereocenters. The number of aromatic nitrogens is 3. The van der Waals surface area contributed by atoms with Gasteiger partial charge in [-0.2, -0.15) is 15.0 Å². The number of nitrogens with zero attached hydrogens (tertiary/aromatic N) is 3. The molecule has 0 saturated heterocycles. The summed E-state index contributed by atoms with van der Waals surface area (Å²) in [6.07, 6.45) is 0. The summed E-state index contributed by atoms with van der Waals surface area (Å²) in [5, 5.41) is 3.17.